The van der Waals surface area contributed by atoms with Crippen molar-refractivity contribution in [3.05, 3.63) is 0 Å². The van der Waals surface area contributed by atoms with E-state index < -0.39 is 13.0 Å². The van der Waals surface area contributed by atoms with Gasteiger partial charge >= 0.3 is 0 Å². The Hall–Kier alpha value is 1.62. The van der Waals surface area contributed by atoms with E-state index >= 15 is 0 Å². The van der Waals surface area contributed by atoms with E-state index in [1.54, 1.807) is 0 Å². The summed E-state index contributed by atoms with van der Waals surface area (Å²) in [6.45, 7) is -4.37. The van der Waals surface area contributed by atoms with E-state index in [1.807, 2.05) is 0 Å². The zero-order valence-corrected chi connectivity index (χ0v) is 12.6. The van der Waals surface area contributed by atoms with E-state index in [-0.39, 0.29) is 0 Å². The molecule has 0 radical (unpaired) electrons. The molecular formula is C6H14Cl4O2P2. The Labute approximate surface area is 105 Å². The Kier molecular flexibility index (Phi) is 18.8. The van der Waals surface area contributed by atoms with Crippen LogP contribution in [0.5, 0.6) is 0 Å². The molecule has 0 bridgehead atoms. The first-order valence-corrected chi connectivity index (χ1v) is 11.0. The van der Waals surface area contributed by atoms with E-state index in [0.29, 0.717) is 0 Å². The molecular weight excluding hydrogens is 308 g/mol. The highest BCUT2D eigenvalue weighted by atomic mass is 35.9. The average Bonchev–Trinajstić information content (AvgIpc) is 2.05. The third kappa shape index (κ3) is 37.4. The molecule has 0 heterocycles. The van der Waals surface area contributed by atoms with Crippen LogP contribution in [0.4, 0.5) is 0 Å². The average molecular weight is 322 g/mol. The SMILES string of the molecule is C1CCCCC1.O=[PH](Cl)Cl.O=[PH](Cl)Cl. The molecule has 0 amide bonds. The highest BCUT2D eigenvalue weighted by molar-refractivity contribution is 7.95. The Morgan fingerprint density at radius 2 is 0.643 bits per heavy atom. The fourth-order valence-corrected chi connectivity index (χ4v) is 1.06. The maximum Gasteiger partial charge on any atom is 0.241 e. The molecule has 0 aromatic carbocycles. The fraction of sp³-hybridized carbons (Fsp3) is 1.00. The molecule has 8 heteroatoms. The van der Waals surface area contributed by atoms with Crippen molar-refractivity contribution < 1.29 is 9.13 Å². The summed E-state index contributed by atoms with van der Waals surface area (Å²) >= 11 is 18.3. The van der Waals surface area contributed by atoms with Crippen molar-refractivity contribution in [3.63, 3.8) is 0 Å². The Bertz CT molecular complexity index is 132. The number of hydrogen-bond donors (Lipinski definition) is 0. The second-order valence-corrected chi connectivity index (χ2v) is 8.76. The lowest BCUT2D eigenvalue weighted by Gasteiger charge is -2.05. The molecule has 1 aliphatic carbocycles. The van der Waals surface area contributed by atoms with Gasteiger partial charge in [-0.25, -0.2) is 0 Å². The fourth-order valence-electron chi connectivity index (χ4n) is 1.06. The molecule has 1 aliphatic rings. The van der Waals surface area contributed by atoms with Crippen LogP contribution in [0, 0.1) is 0 Å². The minimum absolute atomic E-state index is 1.50. The van der Waals surface area contributed by atoms with E-state index in [4.69, 9.17) is 9.13 Å². The quantitative estimate of drug-likeness (QED) is 0.509. The normalized spacial score (nSPS) is 15.3. The van der Waals surface area contributed by atoms with Gasteiger partial charge in [0.1, 0.15) is 0 Å². The molecule has 0 N–H and O–H groups in total. The van der Waals surface area contributed by atoms with Gasteiger partial charge in [-0.1, -0.05) is 38.5 Å². The Morgan fingerprint density at radius 1 is 0.571 bits per heavy atom. The second kappa shape index (κ2) is 14.6. The van der Waals surface area contributed by atoms with Gasteiger partial charge in [0.15, 0.2) is 0 Å². The Balaban J connectivity index is 0. The highest BCUT2D eigenvalue weighted by Gasteiger charge is 1.95. The van der Waals surface area contributed by atoms with Gasteiger partial charge in [0.25, 0.3) is 0 Å². The molecule has 0 spiro atoms. The third-order valence-corrected chi connectivity index (χ3v) is 1.50. The van der Waals surface area contributed by atoms with Crippen LogP contribution >= 0.6 is 58.0 Å². The van der Waals surface area contributed by atoms with Crippen LogP contribution in [0.1, 0.15) is 38.5 Å². The van der Waals surface area contributed by atoms with Gasteiger partial charge in [-0.3, -0.25) is 9.13 Å². The molecule has 1 rings (SSSR count). The van der Waals surface area contributed by atoms with Crippen molar-refractivity contribution in [2.24, 2.45) is 0 Å². The van der Waals surface area contributed by atoms with Gasteiger partial charge in [0.05, 0.1) is 0 Å². The first kappa shape index (κ1) is 18.0. The molecule has 1 saturated carbocycles. The lowest BCUT2D eigenvalue weighted by molar-refractivity contribution is 0.504. The predicted octanol–water partition coefficient (Wildman–Crippen LogP) is 6.05. The summed E-state index contributed by atoms with van der Waals surface area (Å²) in [5.74, 6) is 0. The molecule has 88 valence electrons. The van der Waals surface area contributed by atoms with Crippen molar-refractivity contribution >= 4 is 58.0 Å². The lowest BCUT2D eigenvalue weighted by atomic mass is 10.0. The van der Waals surface area contributed by atoms with Crippen LogP contribution in [0.2, 0.25) is 0 Å². The van der Waals surface area contributed by atoms with Crippen LogP contribution in [-0.4, -0.2) is 0 Å². The lowest BCUT2D eigenvalue weighted by Crippen LogP contribution is -1.85. The van der Waals surface area contributed by atoms with Gasteiger partial charge in [-0.05, 0) is 45.0 Å². The zero-order chi connectivity index (χ0) is 11.4. The Morgan fingerprint density at radius 3 is 0.714 bits per heavy atom. The maximum absolute atomic E-state index is 9.16. The topological polar surface area (TPSA) is 34.1 Å². The first-order valence-electron chi connectivity index (χ1n) is 4.16. The summed E-state index contributed by atoms with van der Waals surface area (Å²) in [4.78, 5) is 0. The van der Waals surface area contributed by atoms with Gasteiger partial charge in [-0.2, -0.15) is 0 Å². The molecule has 1 fully saturated rings. The summed E-state index contributed by atoms with van der Waals surface area (Å²) in [5, 5.41) is 0. The highest BCUT2D eigenvalue weighted by Crippen LogP contribution is 2.31. The molecule has 2 nitrogen and oxygen atoms in total. The zero-order valence-electron chi connectivity index (χ0n) is 7.57. The van der Waals surface area contributed by atoms with Crippen LogP contribution in [0.25, 0.3) is 0 Å². The van der Waals surface area contributed by atoms with Crippen molar-refractivity contribution in [1.29, 1.82) is 0 Å². The first-order chi connectivity index (χ1) is 6.46. The van der Waals surface area contributed by atoms with Crippen LogP contribution in [-0.2, 0) is 9.13 Å². The van der Waals surface area contributed by atoms with E-state index in [9.17, 15) is 0 Å². The summed E-state index contributed by atoms with van der Waals surface area (Å²) in [6, 6.07) is 0. The van der Waals surface area contributed by atoms with Gasteiger partial charge in [-0.15, -0.1) is 0 Å². The van der Waals surface area contributed by atoms with Crippen LogP contribution in [0.3, 0.4) is 0 Å². The van der Waals surface area contributed by atoms with Crippen molar-refractivity contribution in [1.82, 2.24) is 0 Å². The number of hydrogen-bond acceptors (Lipinski definition) is 2. The van der Waals surface area contributed by atoms with Crippen molar-refractivity contribution in [2.45, 2.75) is 38.5 Å². The van der Waals surface area contributed by atoms with E-state index in [1.165, 1.54) is 38.5 Å². The number of halogens is 4. The summed E-state index contributed by atoms with van der Waals surface area (Å²) < 4.78 is 18.3. The van der Waals surface area contributed by atoms with E-state index in [0.717, 1.165) is 0 Å². The van der Waals surface area contributed by atoms with Crippen LogP contribution in [0.15, 0.2) is 0 Å². The maximum atomic E-state index is 9.16. The third-order valence-electron chi connectivity index (χ3n) is 1.50. The molecule has 0 aromatic rings. The smallest absolute Gasteiger partial charge is 0.241 e. The molecule has 0 atom stereocenters. The number of rotatable bonds is 0. The summed E-state index contributed by atoms with van der Waals surface area (Å²) in [7, 11) is 0. The minimum Gasteiger partial charge on any atom is -0.293 e. The predicted molar refractivity (Wildman–Crippen MR) is 69.1 cm³/mol. The van der Waals surface area contributed by atoms with Gasteiger partial charge < -0.3 is 0 Å². The van der Waals surface area contributed by atoms with Crippen molar-refractivity contribution in [2.75, 3.05) is 0 Å². The van der Waals surface area contributed by atoms with Gasteiger partial charge in [0, 0.05) is 0 Å². The molecule has 14 heavy (non-hydrogen) atoms. The summed E-state index contributed by atoms with van der Waals surface area (Å²) in [5.41, 5.74) is 0. The molecule has 0 saturated heterocycles. The summed E-state index contributed by atoms with van der Waals surface area (Å²) in [6.07, 6.45) is 9.00. The minimum atomic E-state index is -2.19. The largest absolute Gasteiger partial charge is 0.293 e. The molecule has 0 aromatic heterocycles. The van der Waals surface area contributed by atoms with E-state index in [2.05, 4.69) is 45.0 Å². The molecule has 0 unspecified atom stereocenters. The van der Waals surface area contributed by atoms with Crippen LogP contribution < -0.4 is 0 Å². The second-order valence-electron chi connectivity index (χ2n) is 2.57. The van der Waals surface area contributed by atoms with Crippen molar-refractivity contribution in [3.8, 4) is 0 Å². The molecule has 0 aliphatic heterocycles. The monoisotopic (exact) mass is 320 g/mol. The standard InChI is InChI=1S/C6H12.2Cl2HOP/c1-2-4-6-5-3-1;2*1-4(2)3/h1-6H2;2*4H. The van der Waals surface area contributed by atoms with Gasteiger partial charge in [0.2, 0.25) is 13.0 Å².